The zero-order valence-corrected chi connectivity index (χ0v) is 13.1. The maximum atomic E-state index is 3.87. The highest BCUT2D eigenvalue weighted by Crippen LogP contribution is 2.48. The van der Waals surface area contributed by atoms with Crippen LogP contribution in [0.4, 0.5) is 5.69 Å². The van der Waals surface area contributed by atoms with E-state index in [1.165, 1.54) is 41.4 Å². The Hall–Kier alpha value is -1.02. The highest BCUT2D eigenvalue weighted by Gasteiger charge is 2.40. The summed E-state index contributed by atoms with van der Waals surface area (Å²) >= 11 is 3.62. The van der Waals surface area contributed by atoms with Gasteiger partial charge in [0.25, 0.3) is 0 Å². The molecule has 0 fully saturated rings. The van der Waals surface area contributed by atoms with Crippen LogP contribution in [0, 0.1) is 11.8 Å². The van der Waals surface area contributed by atoms with Crippen LogP contribution in [0.15, 0.2) is 47.0 Å². The Balaban J connectivity index is 1.70. The van der Waals surface area contributed by atoms with E-state index in [-0.39, 0.29) is 0 Å². The second-order valence-corrected chi connectivity index (χ2v) is 7.22. The molecule has 0 radical (unpaired) electrons. The lowest BCUT2D eigenvalue weighted by atomic mass is 9.72. The van der Waals surface area contributed by atoms with Crippen LogP contribution in [0.2, 0.25) is 0 Å². The third kappa shape index (κ3) is 2.05. The van der Waals surface area contributed by atoms with Crippen LogP contribution >= 0.6 is 15.9 Å². The van der Waals surface area contributed by atoms with Gasteiger partial charge in [-0.1, -0.05) is 40.2 Å². The van der Waals surface area contributed by atoms with Gasteiger partial charge < -0.3 is 5.32 Å². The van der Waals surface area contributed by atoms with Crippen molar-refractivity contribution in [2.75, 3.05) is 5.32 Å². The zero-order chi connectivity index (χ0) is 13.5. The van der Waals surface area contributed by atoms with Crippen LogP contribution in [0.1, 0.15) is 37.2 Å². The molecule has 1 nitrogen and oxygen atoms in total. The summed E-state index contributed by atoms with van der Waals surface area (Å²) in [5.41, 5.74) is 2.82. The summed E-state index contributed by atoms with van der Waals surface area (Å²) in [6, 6.07) is 7.33. The molecule has 1 N–H and O–H groups in total. The van der Waals surface area contributed by atoms with Crippen LogP contribution in [-0.4, -0.2) is 6.04 Å². The van der Waals surface area contributed by atoms with E-state index in [0.29, 0.717) is 12.0 Å². The van der Waals surface area contributed by atoms with Gasteiger partial charge in [0.15, 0.2) is 0 Å². The fourth-order valence-electron chi connectivity index (χ4n) is 4.21. The average molecular weight is 330 g/mol. The molecule has 104 valence electrons. The van der Waals surface area contributed by atoms with Gasteiger partial charge in [0, 0.05) is 22.1 Å². The minimum Gasteiger partial charge on any atom is -0.381 e. The molecule has 0 saturated heterocycles. The molecule has 0 saturated carbocycles. The van der Waals surface area contributed by atoms with Crippen molar-refractivity contribution in [3.05, 3.63) is 52.5 Å². The molecule has 2 aliphatic carbocycles. The number of nitrogens with one attached hydrogen (secondary N) is 1. The molecule has 0 amide bonds. The Labute approximate surface area is 129 Å². The fourth-order valence-corrected chi connectivity index (χ4v) is 4.59. The van der Waals surface area contributed by atoms with E-state index in [2.05, 4.69) is 63.7 Å². The summed E-state index contributed by atoms with van der Waals surface area (Å²) in [5.74, 6) is 2.15. The monoisotopic (exact) mass is 329 g/mol. The van der Waals surface area contributed by atoms with Gasteiger partial charge in [-0.15, -0.1) is 0 Å². The standard InChI is InChI=1S/C18H20BrN/c19-13-9-10-17-16(11-13)14-7-4-8-15(14)18(20-17)12-5-2-1-3-6-12/h1-2,4,7,9-12,14-15,18,20H,3,5-6,8H2/t12-,14-,15+,18-/m1/s1. The molecular formula is C18H20BrN. The molecule has 1 aromatic rings. The summed E-state index contributed by atoms with van der Waals surface area (Å²) in [4.78, 5) is 0. The number of rotatable bonds is 1. The van der Waals surface area contributed by atoms with Gasteiger partial charge in [-0.25, -0.2) is 0 Å². The molecule has 20 heavy (non-hydrogen) atoms. The zero-order valence-electron chi connectivity index (χ0n) is 11.6. The Bertz CT molecular complexity index is 575. The van der Waals surface area contributed by atoms with Crippen LogP contribution in [0.25, 0.3) is 0 Å². The average Bonchev–Trinajstić information content (AvgIpc) is 2.97. The lowest BCUT2D eigenvalue weighted by Gasteiger charge is -2.42. The fraction of sp³-hybridized carbons (Fsp3) is 0.444. The highest BCUT2D eigenvalue weighted by atomic mass is 79.9. The predicted octanol–water partition coefficient (Wildman–Crippen LogP) is 5.26. The van der Waals surface area contributed by atoms with Gasteiger partial charge in [0.05, 0.1) is 0 Å². The first-order valence-electron chi connectivity index (χ1n) is 7.70. The van der Waals surface area contributed by atoms with E-state index < -0.39 is 0 Å². The number of fused-ring (bicyclic) bond motifs is 3. The van der Waals surface area contributed by atoms with Crippen LogP contribution < -0.4 is 5.32 Å². The minimum atomic E-state index is 0.611. The Morgan fingerprint density at radius 3 is 2.90 bits per heavy atom. The Kier molecular flexibility index (Phi) is 3.22. The summed E-state index contributed by atoms with van der Waals surface area (Å²) in [6.45, 7) is 0. The van der Waals surface area contributed by atoms with Gasteiger partial charge in [-0.2, -0.15) is 0 Å². The molecule has 4 atom stereocenters. The number of halogens is 1. The number of allylic oxidation sites excluding steroid dienone is 4. The lowest BCUT2D eigenvalue weighted by Crippen LogP contribution is -2.41. The van der Waals surface area contributed by atoms with Gasteiger partial charge in [-0.3, -0.25) is 0 Å². The van der Waals surface area contributed by atoms with E-state index in [1.807, 2.05) is 0 Å². The van der Waals surface area contributed by atoms with E-state index in [9.17, 15) is 0 Å². The summed E-state index contributed by atoms with van der Waals surface area (Å²) in [5, 5.41) is 3.87. The van der Waals surface area contributed by atoms with Crippen molar-refractivity contribution in [3.8, 4) is 0 Å². The first-order valence-corrected chi connectivity index (χ1v) is 8.50. The van der Waals surface area contributed by atoms with E-state index in [4.69, 9.17) is 0 Å². The number of anilines is 1. The van der Waals surface area contributed by atoms with E-state index >= 15 is 0 Å². The SMILES string of the molecule is Brc1ccc2c(c1)[C@@H]1C=CC[C@@H]1[C@@H]([C@@H]1CC=CCC1)N2. The van der Waals surface area contributed by atoms with Crippen molar-refractivity contribution in [3.63, 3.8) is 0 Å². The number of hydrogen-bond donors (Lipinski definition) is 1. The van der Waals surface area contributed by atoms with Crippen LogP contribution in [0.3, 0.4) is 0 Å². The van der Waals surface area contributed by atoms with Crippen molar-refractivity contribution < 1.29 is 0 Å². The largest absolute Gasteiger partial charge is 0.381 e. The van der Waals surface area contributed by atoms with Gasteiger partial charge >= 0.3 is 0 Å². The molecule has 1 aromatic carbocycles. The van der Waals surface area contributed by atoms with Crippen molar-refractivity contribution in [1.29, 1.82) is 0 Å². The lowest BCUT2D eigenvalue weighted by molar-refractivity contribution is 0.294. The molecule has 1 heterocycles. The van der Waals surface area contributed by atoms with Crippen LogP contribution in [-0.2, 0) is 0 Å². The molecule has 0 bridgehead atoms. The molecule has 0 aromatic heterocycles. The number of hydrogen-bond acceptors (Lipinski definition) is 1. The predicted molar refractivity (Wildman–Crippen MR) is 88.0 cm³/mol. The first kappa shape index (κ1) is 12.7. The van der Waals surface area contributed by atoms with Crippen molar-refractivity contribution in [1.82, 2.24) is 0 Å². The third-order valence-corrected chi connectivity index (χ3v) is 5.68. The molecule has 0 unspecified atom stereocenters. The molecule has 3 aliphatic rings. The highest BCUT2D eigenvalue weighted by molar-refractivity contribution is 9.10. The summed E-state index contributed by atoms with van der Waals surface area (Å²) in [6.07, 6.45) is 14.6. The quantitative estimate of drug-likeness (QED) is 0.693. The molecule has 1 aliphatic heterocycles. The molecule has 4 rings (SSSR count). The second kappa shape index (κ2) is 5.07. The van der Waals surface area contributed by atoms with Crippen molar-refractivity contribution in [2.45, 2.75) is 37.6 Å². The van der Waals surface area contributed by atoms with E-state index in [1.54, 1.807) is 0 Å². The van der Waals surface area contributed by atoms with Gasteiger partial charge in [0.1, 0.15) is 0 Å². The third-order valence-electron chi connectivity index (χ3n) is 5.19. The Morgan fingerprint density at radius 1 is 1.10 bits per heavy atom. The first-order chi connectivity index (χ1) is 9.83. The minimum absolute atomic E-state index is 0.611. The second-order valence-electron chi connectivity index (χ2n) is 6.30. The molecule has 0 spiro atoms. The normalized spacial score (nSPS) is 34.5. The summed E-state index contributed by atoms with van der Waals surface area (Å²) in [7, 11) is 0. The number of benzene rings is 1. The Morgan fingerprint density at radius 2 is 2.05 bits per heavy atom. The van der Waals surface area contributed by atoms with Gasteiger partial charge in [0.2, 0.25) is 0 Å². The van der Waals surface area contributed by atoms with Crippen molar-refractivity contribution in [2.24, 2.45) is 11.8 Å². The van der Waals surface area contributed by atoms with E-state index in [0.717, 1.165) is 11.8 Å². The topological polar surface area (TPSA) is 12.0 Å². The molecular weight excluding hydrogens is 310 g/mol. The maximum Gasteiger partial charge on any atom is 0.0382 e. The maximum absolute atomic E-state index is 3.87. The van der Waals surface area contributed by atoms with Gasteiger partial charge in [-0.05, 0) is 61.3 Å². The van der Waals surface area contributed by atoms with Crippen molar-refractivity contribution >= 4 is 21.6 Å². The summed E-state index contributed by atoms with van der Waals surface area (Å²) < 4.78 is 1.19. The van der Waals surface area contributed by atoms with Crippen LogP contribution in [0.5, 0.6) is 0 Å². The smallest absolute Gasteiger partial charge is 0.0382 e. The molecule has 2 heteroatoms.